The Labute approximate surface area is 200 Å². The van der Waals surface area contributed by atoms with E-state index in [1.54, 1.807) is 42.5 Å². The predicted molar refractivity (Wildman–Crippen MR) is 134 cm³/mol. The molecule has 0 aromatic heterocycles. The van der Waals surface area contributed by atoms with Crippen LogP contribution in [-0.4, -0.2) is 20.4 Å². The molecule has 0 heterocycles. The second kappa shape index (κ2) is 10.8. The van der Waals surface area contributed by atoms with Crippen molar-refractivity contribution in [1.29, 1.82) is 0 Å². The van der Waals surface area contributed by atoms with Gasteiger partial charge >= 0.3 is 0 Å². The average Bonchev–Trinajstić information content (AvgIpc) is 2.82. The monoisotopic (exact) mass is 454 g/mol. The van der Waals surface area contributed by atoms with E-state index >= 15 is 0 Å². The summed E-state index contributed by atoms with van der Waals surface area (Å²) in [6.45, 7) is 0. The highest BCUT2D eigenvalue weighted by molar-refractivity contribution is 5.34. The van der Waals surface area contributed by atoms with Crippen LogP contribution >= 0.6 is 0 Å². The fourth-order valence-electron chi connectivity index (χ4n) is 4.66. The molecule has 4 rings (SSSR count). The second-order valence-corrected chi connectivity index (χ2v) is 8.91. The molecule has 0 radical (unpaired) electrons. The zero-order valence-corrected chi connectivity index (χ0v) is 19.0. The number of hydrogen-bond acceptors (Lipinski definition) is 4. The summed E-state index contributed by atoms with van der Waals surface area (Å²) >= 11 is 0. The molecule has 0 unspecified atom stereocenters. The Morgan fingerprint density at radius 1 is 0.500 bits per heavy atom. The van der Waals surface area contributed by atoms with Crippen molar-refractivity contribution in [2.24, 2.45) is 5.92 Å². The molecule has 0 saturated heterocycles. The number of aromatic hydroxyl groups is 4. The van der Waals surface area contributed by atoms with Crippen LogP contribution in [0.1, 0.15) is 34.6 Å². The van der Waals surface area contributed by atoms with E-state index in [2.05, 4.69) is 0 Å². The van der Waals surface area contributed by atoms with Crippen LogP contribution in [0.2, 0.25) is 0 Å². The van der Waals surface area contributed by atoms with Crippen LogP contribution in [0.25, 0.3) is 0 Å². The number of hydrogen-bond donors (Lipinski definition) is 4. The highest BCUT2D eigenvalue weighted by Crippen LogP contribution is 2.36. The minimum atomic E-state index is 0.127. The molecule has 0 bridgehead atoms. The summed E-state index contributed by atoms with van der Waals surface area (Å²) in [6, 6.07) is 29.5. The van der Waals surface area contributed by atoms with E-state index in [1.165, 1.54) is 0 Å². The van der Waals surface area contributed by atoms with Gasteiger partial charge in [0.05, 0.1) is 0 Å². The van der Waals surface area contributed by atoms with Crippen LogP contribution in [-0.2, 0) is 19.3 Å². The van der Waals surface area contributed by atoms with Crippen molar-refractivity contribution in [1.82, 2.24) is 0 Å². The van der Waals surface area contributed by atoms with E-state index in [-0.39, 0.29) is 34.8 Å². The van der Waals surface area contributed by atoms with Crippen molar-refractivity contribution in [3.05, 3.63) is 119 Å². The van der Waals surface area contributed by atoms with Gasteiger partial charge in [0.2, 0.25) is 0 Å². The first kappa shape index (κ1) is 23.2. The summed E-state index contributed by atoms with van der Waals surface area (Å²) in [4.78, 5) is 0. The van der Waals surface area contributed by atoms with Crippen molar-refractivity contribution in [2.45, 2.75) is 31.6 Å². The smallest absolute Gasteiger partial charge is 0.115 e. The van der Waals surface area contributed by atoms with Crippen LogP contribution in [0.4, 0.5) is 0 Å². The Balaban J connectivity index is 1.68. The van der Waals surface area contributed by atoms with Crippen LogP contribution in [0, 0.1) is 5.92 Å². The van der Waals surface area contributed by atoms with Gasteiger partial charge in [-0.25, -0.2) is 0 Å². The lowest BCUT2D eigenvalue weighted by Crippen LogP contribution is -2.19. The lowest BCUT2D eigenvalue weighted by molar-refractivity contribution is 0.387. The third-order valence-electron chi connectivity index (χ3n) is 6.41. The molecule has 4 N–H and O–H groups in total. The first-order valence-electron chi connectivity index (χ1n) is 11.6. The first-order chi connectivity index (χ1) is 16.5. The van der Waals surface area contributed by atoms with Gasteiger partial charge in [0.25, 0.3) is 0 Å². The SMILES string of the molecule is Oc1ccc(CC[C@H](Cc2cccc(O)c2)[C@@H](Cc2cccc(O)c2)c2ccc(O)cc2)cc1. The van der Waals surface area contributed by atoms with Crippen LogP contribution in [0.15, 0.2) is 97.1 Å². The normalized spacial score (nSPS) is 12.8. The van der Waals surface area contributed by atoms with E-state index in [4.69, 9.17) is 0 Å². The quantitative estimate of drug-likeness (QED) is 0.238. The minimum Gasteiger partial charge on any atom is -0.508 e. The molecule has 0 fully saturated rings. The standard InChI is InChI=1S/C30H30O4/c31-26-13-8-21(9-14-26)7-10-25(17-22-3-1-5-28(33)18-22)30(24-11-15-27(32)16-12-24)20-23-4-2-6-29(34)19-23/h1-6,8-9,11-16,18-19,25,30-34H,7,10,17,20H2/t25-,30+/m1/s1. The first-order valence-corrected chi connectivity index (χ1v) is 11.6. The Hall–Kier alpha value is -3.92. The highest BCUT2D eigenvalue weighted by Gasteiger charge is 2.25. The molecule has 4 heteroatoms. The number of benzene rings is 4. The highest BCUT2D eigenvalue weighted by atomic mass is 16.3. The zero-order valence-electron chi connectivity index (χ0n) is 19.0. The number of aryl methyl sites for hydroxylation is 1. The molecule has 0 aliphatic heterocycles. The molecule has 0 saturated carbocycles. The molecule has 0 aliphatic carbocycles. The van der Waals surface area contributed by atoms with Crippen LogP contribution in [0.5, 0.6) is 23.0 Å². The zero-order chi connectivity index (χ0) is 23.9. The van der Waals surface area contributed by atoms with Crippen molar-refractivity contribution >= 4 is 0 Å². The molecule has 174 valence electrons. The van der Waals surface area contributed by atoms with Crippen molar-refractivity contribution in [2.75, 3.05) is 0 Å². The number of phenols is 4. The third kappa shape index (κ3) is 6.32. The Bertz CT molecular complexity index is 1200. The molecule has 0 aliphatic rings. The van der Waals surface area contributed by atoms with E-state index in [0.717, 1.165) is 47.9 Å². The third-order valence-corrected chi connectivity index (χ3v) is 6.41. The van der Waals surface area contributed by atoms with E-state index < -0.39 is 0 Å². The number of phenolic OH excluding ortho intramolecular Hbond substituents is 4. The maximum Gasteiger partial charge on any atom is 0.115 e. The summed E-state index contributed by atoms with van der Waals surface area (Å²) in [6.07, 6.45) is 3.25. The van der Waals surface area contributed by atoms with Crippen LogP contribution in [0.3, 0.4) is 0 Å². The molecule has 4 aromatic carbocycles. The van der Waals surface area contributed by atoms with Crippen LogP contribution < -0.4 is 0 Å². The van der Waals surface area contributed by atoms with Gasteiger partial charge in [-0.05, 0) is 108 Å². The number of rotatable bonds is 9. The second-order valence-electron chi connectivity index (χ2n) is 8.91. The molecular formula is C30H30O4. The van der Waals surface area contributed by atoms with E-state index in [0.29, 0.717) is 0 Å². The average molecular weight is 455 g/mol. The summed E-state index contributed by atoms with van der Waals surface area (Å²) in [7, 11) is 0. The lowest BCUT2D eigenvalue weighted by atomic mass is 9.76. The minimum absolute atomic E-state index is 0.127. The molecule has 4 aromatic rings. The Kier molecular flexibility index (Phi) is 7.38. The van der Waals surface area contributed by atoms with Crippen molar-refractivity contribution < 1.29 is 20.4 Å². The summed E-state index contributed by atoms with van der Waals surface area (Å²) in [5, 5.41) is 39.6. The van der Waals surface area contributed by atoms with E-state index in [9.17, 15) is 20.4 Å². The maximum atomic E-state index is 10.0. The van der Waals surface area contributed by atoms with Gasteiger partial charge < -0.3 is 20.4 Å². The molecule has 0 amide bonds. The van der Waals surface area contributed by atoms with Gasteiger partial charge in [0, 0.05) is 0 Å². The lowest BCUT2D eigenvalue weighted by Gasteiger charge is -2.29. The Morgan fingerprint density at radius 2 is 1.03 bits per heavy atom. The van der Waals surface area contributed by atoms with Gasteiger partial charge in [-0.3, -0.25) is 0 Å². The summed E-state index contributed by atoms with van der Waals surface area (Å²) in [5.74, 6) is 1.34. The maximum absolute atomic E-state index is 10.0. The van der Waals surface area contributed by atoms with Gasteiger partial charge in [-0.2, -0.15) is 0 Å². The van der Waals surface area contributed by atoms with Gasteiger partial charge in [-0.15, -0.1) is 0 Å². The molecule has 0 spiro atoms. The van der Waals surface area contributed by atoms with Gasteiger partial charge in [-0.1, -0.05) is 48.5 Å². The molecule has 2 atom stereocenters. The molecule has 34 heavy (non-hydrogen) atoms. The van der Waals surface area contributed by atoms with Gasteiger partial charge in [0.15, 0.2) is 0 Å². The molecular weight excluding hydrogens is 424 g/mol. The topological polar surface area (TPSA) is 80.9 Å². The van der Waals surface area contributed by atoms with Crippen molar-refractivity contribution in [3.63, 3.8) is 0 Å². The fraction of sp³-hybridized carbons (Fsp3) is 0.200. The summed E-state index contributed by atoms with van der Waals surface area (Å²) in [5.41, 5.74) is 4.39. The van der Waals surface area contributed by atoms with Gasteiger partial charge in [0.1, 0.15) is 23.0 Å². The largest absolute Gasteiger partial charge is 0.508 e. The fourth-order valence-corrected chi connectivity index (χ4v) is 4.66. The van der Waals surface area contributed by atoms with Crippen molar-refractivity contribution in [3.8, 4) is 23.0 Å². The Morgan fingerprint density at radius 3 is 1.59 bits per heavy atom. The molecule has 4 nitrogen and oxygen atoms in total. The van der Waals surface area contributed by atoms with E-state index in [1.807, 2.05) is 54.6 Å². The summed E-state index contributed by atoms with van der Waals surface area (Å²) < 4.78 is 0. The predicted octanol–water partition coefficient (Wildman–Crippen LogP) is 6.33.